The number of fused-ring (bicyclic) bond motifs is 1. The average molecular weight is 356 g/mol. The van der Waals surface area contributed by atoms with Crippen molar-refractivity contribution < 1.29 is 22.7 Å². The van der Waals surface area contributed by atoms with Crippen LogP contribution in [0.4, 0.5) is 13.2 Å². The molecule has 1 fully saturated rings. The molecule has 0 aliphatic heterocycles. The van der Waals surface area contributed by atoms with E-state index in [1.165, 1.54) is 0 Å². The van der Waals surface area contributed by atoms with Gasteiger partial charge in [0.1, 0.15) is 11.1 Å². The van der Waals surface area contributed by atoms with Crippen LogP contribution in [0.25, 0.3) is 11.1 Å². The Morgan fingerprint density at radius 1 is 1.24 bits per heavy atom. The van der Waals surface area contributed by atoms with Crippen molar-refractivity contribution in [2.24, 2.45) is 0 Å². The van der Waals surface area contributed by atoms with Gasteiger partial charge in [0.15, 0.2) is 11.5 Å². The van der Waals surface area contributed by atoms with Gasteiger partial charge in [0.05, 0.1) is 6.10 Å². The summed E-state index contributed by atoms with van der Waals surface area (Å²) in [7, 11) is 0. The predicted molar refractivity (Wildman–Crippen MR) is 88.3 cm³/mol. The Balaban J connectivity index is 2.00. The number of nitrogens with one attached hydrogen (secondary N) is 1. The number of halogens is 3. The molecule has 2 aromatic rings. The molecule has 0 bridgehead atoms. The van der Waals surface area contributed by atoms with E-state index in [-0.39, 0.29) is 29.1 Å². The first kappa shape index (κ1) is 18.2. The van der Waals surface area contributed by atoms with E-state index in [0.717, 1.165) is 25.3 Å². The lowest BCUT2D eigenvalue weighted by molar-refractivity contribution is -0.136. The van der Waals surface area contributed by atoms with Crippen LogP contribution in [0.5, 0.6) is 0 Å². The Hall–Kier alpha value is -1.60. The lowest BCUT2D eigenvalue weighted by atomic mass is 10.0. The molecule has 2 N–H and O–H groups in total. The molecule has 1 aliphatic rings. The fourth-order valence-electron chi connectivity index (χ4n) is 3.33. The Kier molecular flexibility index (Phi) is 4.81. The molecule has 1 aliphatic carbocycles. The van der Waals surface area contributed by atoms with E-state index in [2.05, 4.69) is 10.3 Å². The zero-order valence-corrected chi connectivity index (χ0v) is 14.5. The molecule has 1 saturated carbocycles. The first-order valence-electron chi connectivity index (χ1n) is 8.62. The lowest BCUT2D eigenvalue weighted by Gasteiger charge is -2.23. The van der Waals surface area contributed by atoms with Crippen LogP contribution in [0.15, 0.2) is 16.5 Å². The summed E-state index contributed by atoms with van der Waals surface area (Å²) >= 11 is 0. The van der Waals surface area contributed by atoms with Gasteiger partial charge in [-0.2, -0.15) is 13.2 Å². The van der Waals surface area contributed by atoms with Gasteiger partial charge in [-0.25, -0.2) is 4.98 Å². The van der Waals surface area contributed by atoms with Crippen molar-refractivity contribution in [2.75, 3.05) is 0 Å². The van der Waals surface area contributed by atoms with Gasteiger partial charge in [-0.15, -0.1) is 0 Å². The molecule has 7 heteroatoms. The maximum atomic E-state index is 13.5. The van der Waals surface area contributed by atoms with Crippen LogP contribution in [0, 0.1) is 0 Å². The molecule has 3 atom stereocenters. The van der Waals surface area contributed by atoms with E-state index in [1.807, 2.05) is 13.8 Å². The van der Waals surface area contributed by atoms with Crippen molar-refractivity contribution in [1.29, 1.82) is 0 Å². The molecule has 0 radical (unpaired) electrons. The molecule has 1 heterocycles. The molecule has 138 valence electrons. The van der Waals surface area contributed by atoms with Gasteiger partial charge in [0.25, 0.3) is 0 Å². The number of aromatic nitrogens is 1. The number of aliphatic hydroxyl groups excluding tert-OH is 1. The minimum Gasteiger partial charge on any atom is -0.440 e. The number of nitrogens with zero attached hydrogens (tertiary/aromatic N) is 1. The number of alkyl halides is 3. The Morgan fingerprint density at radius 2 is 1.96 bits per heavy atom. The third kappa shape index (κ3) is 3.67. The van der Waals surface area contributed by atoms with Crippen molar-refractivity contribution in [3.8, 4) is 0 Å². The first-order chi connectivity index (χ1) is 11.7. The van der Waals surface area contributed by atoms with E-state index in [1.54, 1.807) is 13.0 Å². The van der Waals surface area contributed by atoms with E-state index in [4.69, 9.17) is 4.42 Å². The molecule has 0 amide bonds. The zero-order valence-electron chi connectivity index (χ0n) is 14.5. The van der Waals surface area contributed by atoms with Gasteiger partial charge in [0.2, 0.25) is 0 Å². The topological polar surface area (TPSA) is 58.3 Å². The predicted octanol–water partition coefficient (Wildman–Crippen LogP) is 4.53. The first-order valence-corrected chi connectivity index (χ1v) is 8.62. The van der Waals surface area contributed by atoms with Crippen molar-refractivity contribution in [3.05, 3.63) is 29.2 Å². The minimum absolute atomic E-state index is 0.0939. The van der Waals surface area contributed by atoms with Crippen LogP contribution in [0.2, 0.25) is 0 Å². The minimum atomic E-state index is -4.52. The van der Waals surface area contributed by atoms with E-state index < -0.39 is 17.8 Å². The van der Waals surface area contributed by atoms with Crippen molar-refractivity contribution in [2.45, 2.75) is 70.3 Å². The van der Waals surface area contributed by atoms with Gasteiger partial charge >= 0.3 is 6.18 Å². The van der Waals surface area contributed by atoms with E-state index in [0.29, 0.717) is 11.5 Å². The number of oxazole rings is 1. The van der Waals surface area contributed by atoms with Gasteiger partial charge in [-0.3, -0.25) is 0 Å². The standard InChI is InChI=1S/C18H23F3N2O2/c1-9(2)17-23-14-8-11(7-12(16(14)25-17)18(19,20)21)10(3)22-13-5-4-6-15(13)24/h7-10,13,15,22,24H,4-6H2,1-3H3/t10-,13-,15+/m1/s1. The molecular weight excluding hydrogens is 333 g/mol. The molecular formula is C18H23F3N2O2. The second-order valence-electron chi connectivity index (χ2n) is 7.11. The number of aliphatic hydroxyl groups is 1. The highest BCUT2D eigenvalue weighted by Crippen LogP contribution is 2.38. The molecule has 1 aromatic heterocycles. The normalized spacial score (nSPS) is 22.9. The van der Waals surface area contributed by atoms with Gasteiger partial charge in [-0.1, -0.05) is 13.8 Å². The quantitative estimate of drug-likeness (QED) is 0.845. The van der Waals surface area contributed by atoms with Crippen molar-refractivity contribution >= 4 is 11.1 Å². The largest absolute Gasteiger partial charge is 0.440 e. The van der Waals surface area contributed by atoms with Crippen molar-refractivity contribution in [1.82, 2.24) is 10.3 Å². The van der Waals surface area contributed by atoms with E-state index in [9.17, 15) is 18.3 Å². The maximum absolute atomic E-state index is 13.5. The highest BCUT2D eigenvalue weighted by atomic mass is 19.4. The van der Waals surface area contributed by atoms with Crippen molar-refractivity contribution in [3.63, 3.8) is 0 Å². The van der Waals surface area contributed by atoms with Gasteiger partial charge in [-0.05, 0) is 43.9 Å². The second kappa shape index (κ2) is 6.61. The summed E-state index contributed by atoms with van der Waals surface area (Å²) in [4.78, 5) is 4.23. The molecule has 0 unspecified atom stereocenters. The number of hydrogen-bond acceptors (Lipinski definition) is 4. The number of hydrogen-bond donors (Lipinski definition) is 2. The molecule has 0 saturated heterocycles. The Morgan fingerprint density at radius 3 is 2.52 bits per heavy atom. The van der Waals surface area contributed by atoms with Crippen LogP contribution < -0.4 is 5.32 Å². The molecule has 3 rings (SSSR count). The lowest BCUT2D eigenvalue weighted by Crippen LogP contribution is -2.37. The second-order valence-corrected chi connectivity index (χ2v) is 7.11. The highest BCUT2D eigenvalue weighted by molar-refractivity contribution is 5.78. The monoisotopic (exact) mass is 356 g/mol. The number of benzene rings is 1. The highest BCUT2D eigenvalue weighted by Gasteiger charge is 2.36. The summed E-state index contributed by atoms with van der Waals surface area (Å²) in [5, 5.41) is 13.2. The molecule has 4 nitrogen and oxygen atoms in total. The SMILES string of the molecule is CC(C)c1nc2cc([C@@H](C)N[C@@H]3CCC[C@@H]3O)cc(C(F)(F)F)c2o1. The fraction of sp³-hybridized carbons (Fsp3) is 0.611. The summed E-state index contributed by atoms with van der Waals surface area (Å²) in [6, 6.07) is 2.33. The summed E-state index contributed by atoms with van der Waals surface area (Å²) < 4.78 is 45.9. The summed E-state index contributed by atoms with van der Waals surface area (Å²) in [5.41, 5.74) is -0.315. The smallest absolute Gasteiger partial charge is 0.420 e. The molecule has 25 heavy (non-hydrogen) atoms. The van der Waals surface area contributed by atoms with Gasteiger partial charge < -0.3 is 14.8 Å². The van der Waals surface area contributed by atoms with Crippen LogP contribution in [-0.4, -0.2) is 22.2 Å². The summed E-state index contributed by atoms with van der Waals surface area (Å²) in [6.07, 6.45) is -2.51. The average Bonchev–Trinajstić information content (AvgIpc) is 3.11. The summed E-state index contributed by atoms with van der Waals surface area (Å²) in [5.74, 6) is 0.200. The maximum Gasteiger partial charge on any atom is 0.420 e. The Labute approximate surface area is 144 Å². The third-order valence-electron chi connectivity index (χ3n) is 4.77. The Bertz CT molecular complexity index is 755. The molecule has 0 spiro atoms. The fourth-order valence-corrected chi connectivity index (χ4v) is 3.33. The van der Waals surface area contributed by atoms with Crippen LogP contribution >= 0.6 is 0 Å². The van der Waals surface area contributed by atoms with Gasteiger partial charge in [0, 0.05) is 18.0 Å². The molecule has 1 aromatic carbocycles. The van der Waals surface area contributed by atoms with E-state index >= 15 is 0 Å². The van der Waals surface area contributed by atoms with Crippen LogP contribution in [-0.2, 0) is 6.18 Å². The number of rotatable bonds is 4. The zero-order chi connectivity index (χ0) is 18.4. The van der Waals surface area contributed by atoms with Crippen LogP contribution in [0.1, 0.15) is 69.0 Å². The third-order valence-corrected chi connectivity index (χ3v) is 4.77. The van der Waals surface area contributed by atoms with Crippen LogP contribution in [0.3, 0.4) is 0 Å². The summed E-state index contributed by atoms with van der Waals surface area (Å²) in [6.45, 7) is 5.45.